The van der Waals surface area contributed by atoms with E-state index in [1.165, 1.54) is 19.3 Å². The Labute approximate surface area is 222 Å². The molecule has 1 saturated heterocycles. The number of hydrogen-bond acceptors (Lipinski definition) is 5. The Morgan fingerprint density at radius 1 is 1.03 bits per heavy atom. The van der Waals surface area contributed by atoms with E-state index in [0.717, 1.165) is 51.7 Å². The number of carbonyl (C=O) groups excluding carboxylic acids is 1. The van der Waals surface area contributed by atoms with Crippen molar-refractivity contribution in [1.29, 1.82) is 0 Å². The maximum Gasteiger partial charge on any atom is 0.251 e. The third-order valence-electron chi connectivity index (χ3n) is 7.64. The Bertz CT molecular complexity index is 1480. The number of benzene rings is 4. The lowest BCUT2D eigenvalue weighted by Gasteiger charge is -2.31. The Morgan fingerprint density at radius 2 is 1.87 bits per heavy atom. The van der Waals surface area contributed by atoms with Gasteiger partial charge in [0, 0.05) is 29.8 Å². The van der Waals surface area contributed by atoms with E-state index < -0.39 is 0 Å². The second kappa shape index (κ2) is 10.4. The van der Waals surface area contributed by atoms with Crippen LogP contribution in [0, 0.1) is 0 Å². The van der Waals surface area contributed by atoms with Gasteiger partial charge in [-0.25, -0.2) is 0 Å². The Hall–Kier alpha value is -4.03. The lowest BCUT2D eigenvalue weighted by Crippen LogP contribution is -2.35. The van der Waals surface area contributed by atoms with Crippen molar-refractivity contribution >= 4 is 16.7 Å². The first-order valence-electron chi connectivity index (χ1n) is 13.4. The fourth-order valence-electron chi connectivity index (χ4n) is 5.64. The summed E-state index contributed by atoms with van der Waals surface area (Å²) in [7, 11) is 1.62. The molecular weight excluding hydrogens is 476 g/mol. The zero-order valence-corrected chi connectivity index (χ0v) is 21.5. The molecule has 38 heavy (non-hydrogen) atoms. The van der Waals surface area contributed by atoms with Crippen LogP contribution >= 0.6 is 0 Å². The van der Waals surface area contributed by atoms with Crippen LogP contribution in [0.4, 0.5) is 0 Å². The van der Waals surface area contributed by atoms with Gasteiger partial charge in [0.05, 0.1) is 6.61 Å². The summed E-state index contributed by atoms with van der Waals surface area (Å²) in [6.45, 7) is 1.79. The van der Waals surface area contributed by atoms with E-state index >= 15 is 0 Å². The molecule has 6 nitrogen and oxygen atoms in total. The van der Waals surface area contributed by atoms with Gasteiger partial charge in [-0.15, -0.1) is 0 Å². The minimum Gasteiger partial charge on any atom is -0.508 e. The Kier molecular flexibility index (Phi) is 6.64. The third-order valence-corrected chi connectivity index (χ3v) is 7.64. The molecular formula is C32H32N2O4. The molecule has 194 valence electrons. The molecule has 1 fully saturated rings. The van der Waals surface area contributed by atoms with Crippen molar-refractivity contribution in [2.75, 3.05) is 20.2 Å². The summed E-state index contributed by atoms with van der Waals surface area (Å²) in [5, 5.41) is 18.3. The number of ether oxygens (including phenoxy) is 2. The van der Waals surface area contributed by atoms with Crippen molar-refractivity contribution in [2.45, 2.75) is 37.8 Å². The lowest BCUT2D eigenvalue weighted by molar-refractivity contribution is 0.0962. The van der Waals surface area contributed by atoms with Crippen molar-refractivity contribution in [3.8, 4) is 28.4 Å². The summed E-state index contributed by atoms with van der Waals surface area (Å²) in [6, 6.07) is 23.7. The molecule has 0 bridgehead atoms. The normalized spacial score (nSPS) is 18.2. The van der Waals surface area contributed by atoms with Gasteiger partial charge in [0.2, 0.25) is 0 Å². The van der Waals surface area contributed by atoms with Crippen LogP contribution in [-0.4, -0.2) is 37.3 Å². The van der Waals surface area contributed by atoms with Gasteiger partial charge in [-0.1, -0.05) is 36.8 Å². The molecule has 0 spiro atoms. The zero-order valence-electron chi connectivity index (χ0n) is 21.5. The molecule has 2 unspecified atom stereocenters. The van der Waals surface area contributed by atoms with Crippen LogP contribution in [0.2, 0.25) is 0 Å². The predicted molar refractivity (Wildman–Crippen MR) is 149 cm³/mol. The number of rotatable bonds is 6. The van der Waals surface area contributed by atoms with Crippen LogP contribution in [0.1, 0.15) is 53.3 Å². The summed E-state index contributed by atoms with van der Waals surface area (Å²) in [5.41, 5.74) is 4.58. The van der Waals surface area contributed by atoms with Crippen molar-refractivity contribution in [1.82, 2.24) is 10.6 Å². The van der Waals surface area contributed by atoms with Crippen LogP contribution in [-0.2, 0) is 0 Å². The molecule has 0 radical (unpaired) electrons. The number of nitrogens with one attached hydrogen (secondary N) is 2. The minimum atomic E-state index is -0.383. The quantitative estimate of drug-likeness (QED) is 0.299. The van der Waals surface area contributed by atoms with E-state index in [2.05, 4.69) is 28.8 Å². The fourth-order valence-corrected chi connectivity index (χ4v) is 5.64. The summed E-state index contributed by atoms with van der Waals surface area (Å²) in [6.07, 6.45) is 4.39. The highest BCUT2D eigenvalue weighted by molar-refractivity contribution is 5.98. The van der Waals surface area contributed by atoms with E-state index in [1.807, 2.05) is 42.5 Å². The first-order valence-corrected chi connectivity index (χ1v) is 13.4. The van der Waals surface area contributed by atoms with E-state index in [1.54, 1.807) is 19.2 Å². The van der Waals surface area contributed by atoms with E-state index in [0.29, 0.717) is 24.0 Å². The molecule has 2 aliphatic rings. The summed E-state index contributed by atoms with van der Waals surface area (Å²) >= 11 is 0. The molecule has 0 saturated carbocycles. The summed E-state index contributed by atoms with van der Waals surface area (Å²) in [5.74, 6) is 1.58. The molecule has 4 aromatic rings. The maximum atomic E-state index is 12.3. The Balaban J connectivity index is 1.33. The van der Waals surface area contributed by atoms with Gasteiger partial charge in [0.15, 0.2) is 6.10 Å². The van der Waals surface area contributed by atoms with Gasteiger partial charge in [-0.05, 0) is 90.2 Å². The van der Waals surface area contributed by atoms with Gasteiger partial charge in [-0.2, -0.15) is 0 Å². The van der Waals surface area contributed by atoms with E-state index in [9.17, 15) is 9.90 Å². The number of phenolic OH excluding ortho intramolecular Hbond substituents is 1. The van der Waals surface area contributed by atoms with Gasteiger partial charge in [0.25, 0.3) is 5.91 Å². The van der Waals surface area contributed by atoms with Crippen molar-refractivity contribution < 1.29 is 19.4 Å². The maximum absolute atomic E-state index is 12.3. The Morgan fingerprint density at radius 3 is 2.66 bits per heavy atom. The second-order valence-corrected chi connectivity index (χ2v) is 10.1. The van der Waals surface area contributed by atoms with Gasteiger partial charge in [0.1, 0.15) is 17.2 Å². The third kappa shape index (κ3) is 4.68. The molecule has 6 rings (SSSR count). The largest absolute Gasteiger partial charge is 0.508 e. The van der Waals surface area contributed by atoms with Gasteiger partial charge >= 0.3 is 0 Å². The number of aromatic hydroxyl groups is 1. The number of hydrogen-bond donors (Lipinski definition) is 3. The van der Waals surface area contributed by atoms with Gasteiger partial charge in [-0.3, -0.25) is 4.79 Å². The van der Waals surface area contributed by atoms with E-state index in [4.69, 9.17) is 9.47 Å². The second-order valence-electron chi connectivity index (χ2n) is 10.1. The summed E-state index contributed by atoms with van der Waals surface area (Å²) in [4.78, 5) is 12.3. The molecule has 4 aromatic carbocycles. The number of piperidine rings is 1. The van der Waals surface area contributed by atoms with Crippen LogP contribution in [0.15, 0.2) is 72.8 Å². The van der Waals surface area contributed by atoms with Crippen molar-refractivity contribution in [3.05, 3.63) is 89.5 Å². The smallest absolute Gasteiger partial charge is 0.251 e. The average Bonchev–Trinajstić information content (AvgIpc) is 2.96. The highest BCUT2D eigenvalue weighted by Crippen LogP contribution is 2.48. The monoisotopic (exact) mass is 508 g/mol. The average molecular weight is 509 g/mol. The number of phenols is 1. The predicted octanol–water partition coefficient (Wildman–Crippen LogP) is 5.96. The molecule has 0 aromatic heterocycles. The molecule has 2 heterocycles. The molecule has 0 aliphatic carbocycles. The molecule has 3 N–H and O–H groups in total. The molecule has 1 amide bonds. The number of amides is 1. The SMILES string of the molecule is CNC(=O)c1ccc2c(c1)OC(c1ccc(OCCC3CCCCN3)cc1)c1c-2ccc2cc(O)ccc12. The van der Waals surface area contributed by atoms with Crippen molar-refractivity contribution in [2.24, 2.45) is 0 Å². The van der Waals surface area contributed by atoms with Crippen molar-refractivity contribution in [3.63, 3.8) is 0 Å². The summed E-state index contributed by atoms with van der Waals surface area (Å²) < 4.78 is 12.7. The zero-order chi connectivity index (χ0) is 26.1. The molecule has 2 atom stereocenters. The highest BCUT2D eigenvalue weighted by Gasteiger charge is 2.30. The molecule has 2 aliphatic heterocycles. The highest BCUT2D eigenvalue weighted by atomic mass is 16.5. The molecule has 6 heteroatoms. The number of carbonyl (C=O) groups is 1. The van der Waals surface area contributed by atoms with E-state index in [-0.39, 0.29) is 17.8 Å². The van der Waals surface area contributed by atoms with Crippen LogP contribution < -0.4 is 20.1 Å². The lowest BCUT2D eigenvalue weighted by atomic mass is 9.85. The van der Waals surface area contributed by atoms with Crippen LogP contribution in [0.5, 0.6) is 17.2 Å². The topological polar surface area (TPSA) is 79.8 Å². The first-order chi connectivity index (χ1) is 18.6. The number of fused-ring (bicyclic) bond motifs is 5. The van der Waals surface area contributed by atoms with Crippen LogP contribution in [0.25, 0.3) is 21.9 Å². The van der Waals surface area contributed by atoms with Crippen LogP contribution in [0.3, 0.4) is 0 Å². The first kappa shape index (κ1) is 24.3. The standard InChI is InChI=1S/C32H32N2O4/c1-33-32(36)22-8-12-27-28-13-7-21-18-24(35)9-14-26(21)30(28)31(38-29(27)19-22)20-5-10-25(11-6-20)37-17-15-23-4-2-3-16-34-23/h5-14,18-19,23,31,34-35H,2-4,15-17H2,1H3,(H,33,36). The fraction of sp³-hybridized carbons (Fsp3) is 0.281. The minimum absolute atomic E-state index is 0.155. The van der Waals surface area contributed by atoms with Gasteiger partial charge < -0.3 is 25.2 Å².